The number of nitrogens with zero attached hydrogens (tertiary/aromatic N) is 2. The van der Waals surface area contributed by atoms with E-state index in [0.717, 1.165) is 30.5 Å². The monoisotopic (exact) mass is 350 g/mol. The second-order valence-corrected chi connectivity index (χ2v) is 7.75. The fourth-order valence-corrected chi connectivity index (χ4v) is 4.32. The number of rotatable bonds is 5. The summed E-state index contributed by atoms with van der Waals surface area (Å²) in [5.41, 5.74) is 3.76. The summed E-state index contributed by atoms with van der Waals surface area (Å²) in [4.78, 5) is 6.95. The quantitative estimate of drug-likeness (QED) is 0.692. The van der Waals surface area contributed by atoms with Crippen LogP contribution in [0.2, 0.25) is 0 Å². The van der Waals surface area contributed by atoms with Crippen LogP contribution in [0.1, 0.15) is 68.5 Å². The SMILES string of the molecule is c1cc(N2CCCCC2)cc(COc2ccc(C3CCCCC3)cc2)n1. The summed E-state index contributed by atoms with van der Waals surface area (Å²) >= 11 is 0. The van der Waals surface area contributed by atoms with E-state index in [0.29, 0.717) is 6.61 Å². The molecule has 0 N–H and O–H groups in total. The van der Waals surface area contributed by atoms with Gasteiger partial charge in [-0.05, 0) is 67.9 Å². The highest BCUT2D eigenvalue weighted by Gasteiger charge is 2.15. The molecule has 0 bridgehead atoms. The molecule has 3 heteroatoms. The topological polar surface area (TPSA) is 25.4 Å². The van der Waals surface area contributed by atoms with Crippen molar-refractivity contribution in [2.45, 2.75) is 63.9 Å². The van der Waals surface area contributed by atoms with E-state index in [1.165, 1.54) is 62.6 Å². The van der Waals surface area contributed by atoms with Gasteiger partial charge in [-0.1, -0.05) is 31.4 Å². The second kappa shape index (κ2) is 8.57. The van der Waals surface area contributed by atoms with Crippen LogP contribution in [-0.4, -0.2) is 18.1 Å². The van der Waals surface area contributed by atoms with Crippen molar-refractivity contribution in [2.75, 3.05) is 18.0 Å². The van der Waals surface area contributed by atoms with Gasteiger partial charge in [0, 0.05) is 25.0 Å². The number of anilines is 1. The van der Waals surface area contributed by atoms with Crippen molar-refractivity contribution in [2.24, 2.45) is 0 Å². The van der Waals surface area contributed by atoms with Crippen LogP contribution in [0, 0.1) is 0 Å². The number of hydrogen-bond donors (Lipinski definition) is 0. The number of hydrogen-bond acceptors (Lipinski definition) is 3. The van der Waals surface area contributed by atoms with E-state index in [-0.39, 0.29) is 0 Å². The first-order chi connectivity index (χ1) is 12.9. The standard InChI is InChI=1S/C23H30N2O/c1-3-7-19(8-4-1)20-9-11-23(12-10-20)26-18-21-17-22(13-14-24-21)25-15-5-2-6-16-25/h9-14,17,19H,1-8,15-16,18H2. The largest absolute Gasteiger partial charge is 0.487 e. The van der Waals surface area contributed by atoms with Crippen molar-refractivity contribution >= 4 is 5.69 Å². The Morgan fingerprint density at radius 3 is 2.38 bits per heavy atom. The highest BCUT2D eigenvalue weighted by atomic mass is 16.5. The molecular weight excluding hydrogens is 320 g/mol. The van der Waals surface area contributed by atoms with Gasteiger partial charge in [-0.15, -0.1) is 0 Å². The molecule has 1 aromatic carbocycles. The molecule has 0 spiro atoms. The number of benzene rings is 1. The van der Waals surface area contributed by atoms with Crippen molar-refractivity contribution in [3.63, 3.8) is 0 Å². The third-order valence-corrected chi connectivity index (χ3v) is 5.86. The van der Waals surface area contributed by atoms with Crippen LogP contribution in [0.3, 0.4) is 0 Å². The molecule has 0 atom stereocenters. The van der Waals surface area contributed by atoms with Crippen molar-refractivity contribution in [3.05, 3.63) is 53.9 Å². The fourth-order valence-electron chi connectivity index (χ4n) is 4.32. The molecule has 3 nitrogen and oxygen atoms in total. The van der Waals surface area contributed by atoms with E-state index in [1.54, 1.807) is 0 Å². The Labute approximate surface area is 157 Å². The van der Waals surface area contributed by atoms with E-state index in [9.17, 15) is 0 Å². The van der Waals surface area contributed by atoms with Crippen LogP contribution < -0.4 is 9.64 Å². The Kier molecular flexibility index (Phi) is 5.73. The minimum absolute atomic E-state index is 0.532. The molecule has 1 aromatic heterocycles. The molecule has 0 unspecified atom stereocenters. The van der Waals surface area contributed by atoms with Gasteiger partial charge in [-0.25, -0.2) is 0 Å². The molecule has 1 aliphatic carbocycles. The second-order valence-electron chi connectivity index (χ2n) is 7.75. The predicted molar refractivity (Wildman–Crippen MR) is 107 cm³/mol. The minimum atomic E-state index is 0.532. The first kappa shape index (κ1) is 17.4. The zero-order valence-corrected chi connectivity index (χ0v) is 15.7. The van der Waals surface area contributed by atoms with Gasteiger partial charge in [-0.3, -0.25) is 4.98 Å². The van der Waals surface area contributed by atoms with E-state index in [2.05, 4.69) is 46.3 Å². The van der Waals surface area contributed by atoms with Gasteiger partial charge in [0.05, 0.1) is 5.69 Å². The Morgan fingerprint density at radius 1 is 0.885 bits per heavy atom. The molecule has 1 saturated heterocycles. The molecular formula is C23H30N2O. The molecule has 2 aromatic rings. The molecule has 2 heterocycles. The molecule has 1 aliphatic heterocycles. The van der Waals surface area contributed by atoms with Crippen LogP contribution in [0.15, 0.2) is 42.6 Å². The molecule has 1 saturated carbocycles. The van der Waals surface area contributed by atoms with Crippen LogP contribution >= 0.6 is 0 Å². The minimum Gasteiger partial charge on any atom is -0.487 e. The van der Waals surface area contributed by atoms with Gasteiger partial charge in [-0.2, -0.15) is 0 Å². The summed E-state index contributed by atoms with van der Waals surface area (Å²) in [7, 11) is 0. The number of piperidine rings is 1. The van der Waals surface area contributed by atoms with Crippen LogP contribution in [0.25, 0.3) is 0 Å². The molecule has 138 valence electrons. The molecule has 4 rings (SSSR count). The predicted octanol–water partition coefficient (Wildman–Crippen LogP) is 5.70. The Bertz CT molecular complexity index is 686. The maximum absolute atomic E-state index is 6.00. The Balaban J connectivity index is 1.34. The summed E-state index contributed by atoms with van der Waals surface area (Å²) in [6.07, 6.45) is 12.7. The van der Waals surface area contributed by atoms with Crippen LogP contribution in [-0.2, 0) is 6.61 Å². The third-order valence-electron chi connectivity index (χ3n) is 5.86. The maximum Gasteiger partial charge on any atom is 0.130 e. The third kappa shape index (κ3) is 4.38. The van der Waals surface area contributed by atoms with Gasteiger partial charge in [0.2, 0.25) is 0 Å². The van der Waals surface area contributed by atoms with Crippen molar-refractivity contribution < 1.29 is 4.74 Å². The highest BCUT2D eigenvalue weighted by Crippen LogP contribution is 2.33. The Morgan fingerprint density at radius 2 is 1.62 bits per heavy atom. The van der Waals surface area contributed by atoms with Crippen molar-refractivity contribution in [3.8, 4) is 5.75 Å². The van der Waals surface area contributed by atoms with E-state index in [1.807, 2.05) is 6.20 Å². The molecule has 2 fully saturated rings. The zero-order valence-electron chi connectivity index (χ0n) is 15.7. The number of pyridine rings is 1. The normalized spacial score (nSPS) is 18.7. The lowest BCUT2D eigenvalue weighted by molar-refractivity contribution is 0.301. The zero-order chi connectivity index (χ0) is 17.6. The van der Waals surface area contributed by atoms with E-state index in [4.69, 9.17) is 4.74 Å². The molecule has 26 heavy (non-hydrogen) atoms. The summed E-state index contributed by atoms with van der Waals surface area (Å²) < 4.78 is 6.00. The maximum atomic E-state index is 6.00. The van der Waals surface area contributed by atoms with Crippen LogP contribution in [0.4, 0.5) is 5.69 Å². The van der Waals surface area contributed by atoms with E-state index < -0.39 is 0 Å². The highest BCUT2D eigenvalue weighted by molar-refractivity contribution is 5.46. The first-order valence-corrected chi connectivity index (χ1v) is 10.3. The molecule has 2 aliphatic rings. The van der Waals surface area contributed by atoms with Crippen LogP contribution in [0.5, 0.6) is 5.75 Å². The number of ether oxygens (including phenoxy) is 1. The number of aromatic nitrogens is 1. The summed E-state index contributed by atoms with van der Waals surface area (Å²) in [6.45, 7) is 2.85. The fraction of sp³-hybridized carbons (Fsp3) is 0.522. The summed E-state index contributed by atoms with van der Waals surface area (Å²) in [6, 6.07) is 13.1. The average Bonchev–Trinajstić information content (AvgIpc) is 2.74. The average molecular weight is 351 g/mol. The van der Waals surface area contributed by atoms with Gasteiger partial charge < -0.3 is 9.64 Å². The summed E-state index contributed by atoms with van der Waals surface area (Å²) in [5.74, 6) is 1.69. The van der Waals surface area contributed by atoms with Crippen molar-refractivity contribution in [1.29, 1.82) is 0 Å². The Hall–Kier alpha value is -2.03. The first-order valence-electron chi connectivity index (χ1n) is 10.3. The molecule has 0 amide bonds. The van der Waals surface area contributed by atoms with Gasteiger partial charge >= 0.3 is 0 Å². The van der Waals surface area contributed by atoms with E-state index >= 15 is 0 Å². The smallest absolute Gasteiger partial charge is 0.130 e. The summed E-state index contributed by atoms with van der Waals surface area (Å²) in [5, 5.41) is 0. The molecule has 0 radical (unpaired) electrons. The van der Waals surface area contributed by atoms with Crippen molar-refractivity contribution in [1.82, 2.24) is 4.98 Å². The lowest BCUT2D eigenvalue weighted by Gasteiger charge is -2.28. The lowest BCUT2D eigenvalue weighted by atomic mass is 9.84. The van der Waals surface area contributed by atoms with Gasteiger partial charge in [0.15, 0.2) is 0 Å². The van der Waals surface area contributed by atoms with Gasteiger partial charge in [0.25, 0.3) is 0 Å². The van der Waals surface area contributed by atoms with Gasteiger partial charge in [0.1, 0.15) is 12.4 Å². The lowest BCUT2D eigenvalue weighted by Crippen LogP contribution is -2.29.